The predicted molar refractivity (Wildman–Crippen MR) is 132 cm³/mol. The number of halogens is 1. The molecule has 2 aliphatic carbocycles. The number of amides is 1. The molecule has 3 aliphatic rings. The lowest BCUT2D eigenvalue weighted by Gasteiger charge is -2.26. The highest BCUT2D eigenvalue weighted by Crippen LogP contribution is 2.57. The number of carbonyl (C=O) groups excluding carboxylic acids is 1. The van der Waals surface area contributed by atoms with Crippen molar-refractivity contribution < 1.29 is 9.18 Å². The average molecular weight is 457 g/mol. The second kappa shape index (κ2) is 8.20. The third-order valence-corrected chi connectivity index (χ3v) is 7.56. The molecule has 174 valence electrons. The van der Waals surface area contributed by atoms with E-state index >= 15 is 4.39 Å². The predicted octanol–water partition coefficient (Wildman–Crippen LogP) is 5.28. The molecule has 34 heavy (non-hydrogen) atoms. The molecule has 0 atom stereocenters. The molecule has 6 heteroatoms. The first-order valence-corrected chi connectivity index (χ1v) is 12.2. The fraction of sp³-hybridized carbons (Fsp3) is 0.357. The molecule has 1 aromatic heterocycles. The second-order valence-corrected chi connectivity index (χ2v) is 10.0. The summed E-state index contributed by atoms with van der Waals surface area (Å²) in [6.45, 7) is 3.27. The van der Waals surface area contributed by atoms with Gasteiger partial charge in [-0.2, -0.15) is 5.10 Å². The summed E-state index contributed by atoms with van der Waals surface area (Å²) in [5.74, 6) is -0.412. The summed E-state index contributed by atoms with van der Waals surface area (Å²) in [6.07, 6.45) is 10.8. The Balaban J connectivity index is 1.27. The molecule has 3 aromatic rings. The van der Waals surface area contributed by atoms with E-state index in [4.69, 9.17) is 0 Å². The van der Waals surface area contributed by atoms with Crippen LogP contribution in [0, 0.1) is 5.82 Å². The Morgan fingerprint density at radius 1 is 1.12 bits per heavy atom. The quantitative estimate of drug-likeness (QED) is 0.568. The van der Waals surface area contributed by atoms with Crippen LogP contribution in [0.2, 0.25) is 0 Å². The number of aromatic nitrogens is 2. The molecule has 1 saturated heterocycles. The summed E-state index contributed by atoms with van der Waals surface area (Å²) in [5.41, 5.74) is 5.42. The second-order valence-electron chi connectivity index (χ2n) is 10.0. The third kappa shape index (κ3) is 3.86. The summed E-state index contributed by atoms with van der Waals surface area (Å²) in [4.78, 5) is 15.8. The number of rotatable bonds is 5. The summed E-state index contributed by atoms with van der Waals surface area (Å²) >= 11 is 0. The number of allylic oxidation sites excluding steroid dienone is 1. The van der Waals surface area contributed by atoms with Crippen LogP contribution in [0.15, 0.2) is 54.9 Å². The molecule has 6 rings (SSSR count). The van der Waals surface area contributed by atoms with Gasteiger partial charge in [-0.05, 0) is 86.1 Å². The van der Waals surface area contributed by atoms with E-state index < -0.39 is 0 Å². The van der Waals surface area contributed by atoms with Crippen molar-refractivity contribution in [1.29, 1.82) is 0 Å². The van der Waals surface area contributed by atoms with E-state index in [1.807, 2.05) is 37.5 Å². The fourth-order valence-corrected chi connectivity index (χ4v) is 5.52. The first kappa shape index (κ1) is 21.3. The van der Waals surface area contributed by atoms with Crippen LogP contribution in [-0.2, 0) is 23.8 Å². The van der Waals surface area contributed by atoms with Gasteiger partial charge in [-0.25, -0.2) is 4.39 Å². The average Bonchev–Trinajstić information content (AvgIpc) is 3.19. The normalized spacial score (nSPS) is 18.6. The minimum absolute atomic E-state index is 0.145. The number of hydrogen-bond donors (Lipinski definition) is 1. The van der Waals surface area contributed by atoms with Crippen molar-refractivity contribution in [3.8, 4) is 11.1 Å². The van der Waals surface area contributed by atoms with Crippen LogP contribution in [0.4, 0.5) is 10.1 Å². The topological polar surface area (TPSA) is 50.2 Å². The third-order valence-electron chi connectivity index (χ3n) is 7.56. The molecular formula is C28H29FN4O. The van der Waals surface area contributed by atoms with Crippen LogP contribution in [0.25, 0.3) is 16.7 Å². The van der Waals surface area contributed by atoms with Crippen LogP contribution in [0.1, 0.15) is 48.8 Å². The number of carbonyl (C=O) groups is 1. The van der Waals surface area contributed by atoms with Crippen molar-refractivity contribution in [2.75, 3.05) is 18.4 Å². The van der Waals surface area contributed by atoms with Crippen LogP contribution in [0.5, 0.6) is 0 Å². The zero-order chi connectivity index (χ0) is 23.3. The molecule has 5 nitrogen and oxygen atoms in total. The summed E-state index contributed by atoms with van der Waals surface area (Å²) in [6, 6.07) is 11.6. The highest BCUT2D eigenvalue weighted by Gasteiger charge is 2.49. The maximum Gasteiger partial charge on any atom is 0.255 e. The maximum absolute atomic E-state index is 15.4. The maximum atomic E-state index is 15.4. The smallest absolute Gasteiger partial charge is 0.255 e. The SMILES string of the molecule is Cn1cc(-c2cc(F)c3c(c2)C(C(=O)Nc2ccc(CN4CCCC4)cc2)=CCC32CC2)cn1. The van der Waals surface area contributed by atoms with E-state index in [2.05, 4.69) is 27.4 Å². The van der Waals surface area contributed by atoms with Crippen molar-refractivity contribution >= 4 is 17.2 Å². The number of benzene rings is 2. The van der Waals surface area contributed by atoms with Gasteiger partial charge in [-0.15, -0.1) is 0 Å². The highest BCUT2D eigenvalue weighted by molar-refractivity contribution is 6.26. The van der Waals surface area contributed by atoms with Crippen molar-refractivity contribution in [2.24, 2.45) is 7.05 Å². The molecule has 0 unspecified atom stereocenters. The largest absolute Gasteiger partial charge is 0.322 e. The summed E-state index contributed by atoms with van der Waals surface area (Å²) in [7, 11) is 1.84. The highest BCUT2D eigenvalue weighted by atomic mass is 19.1. The molecule has 1 amide bonds. The molecule has 2 aromatic carbocycles. The van der Waals surface area contributed by atoms with Crippen LogP contribution < -0.4 is 5.32 Å². The van der Waals surface area contributed by atoms with Gasteiger partial charge in [-0.1, -0.05) is 18.2 Å². The lowest BCUT2D eigenvalue weighted by Crippen LogP contribution is -2.22. The van der Waals surface area contributed by atoms with E-state index in [1.54, 1.807) is 16.9 Å². The van der Waals surface area contributed by atoms with E-state index in [-0.39, 0.29) is 17.1 Å². The summed E-state index contributed by atoms with van der Waals surface area (Å²) in [5, 5.41) is 7.27. The van der Waals surface area contributed by atoms with Gasteiger partial charge in [0.1, 0.15) is 5.82 Å². The Morgan fingerprint density at radius 3 is 2.56 bits per heavy atom. The van der Waals surface area contributed by atoms with Crippen molar-refractivity contribution in [2.45, 2.75) is 44.1 Å². The first-order valence-electron chi connectivity index (χ1n) is 12.2. The van der Waals surface area contributed by atoms with Crippen LogP contribution in [-0.4, -0.2) is 33.7 Å². The van der Waals surface area contributed by atoms with Gasteiger partial charge >= 0.3 is 0 Å². The van der Waals surface area contributed by atoms with Crippen molar-refractivity contribution in [1.82, 2.24) is 14.7 Å². The van der Waals surface area contributed by atoms with Gasteiger partial charge in [0.25, 0.3) is 5.91 Å². The van der Waals surface area contributed by atoms with Crippen molar-refractivity contribution in [3.63, 3.8) is 0 Å². The first-order chi connectivity index (χ1) is 16.5. The molecule has 1 aliphatic heterocycles. The molecule has 2 fully saturated rings. The fourth-order valence-electron chi connectivity index (χ4n) is 5.52. The van der Waals surface area contributed by atoms with Gasteiger partial charge in [0, 0.05) is 47.6 Å². The molecule has 0 radical (unpaired) electrons. The minimum atomic E-state index is -0.224. The summed E-state index contributed by atoms with van der Waals surface area (Å²) < 4.78 is 17.1. The van der Waals surface area contributed by atoms with Gasteiger partial charge in [0.15, 0.2) is 0 Å². The van der Waals surface area contributed by atoms with E-state index in [9.17, 15) is 4.79 Å². The van der Waals surface area contributed by atoms with Crippen molar-refractivity contribution in [3.05, 3.63) is 77.4 Å². The lowest BCUT2D eigenvalue weighted by molar-refractivity contribution is -0.111. The molecule has 1 saturated carbocycles. The number of anilines is 1. The van der Waals surface area contributed by atoms with Gasteiger partial charge in [-0.3, -0.25) is 14.4 Å². The standard InChI is InChI=1S/C28H29FN4O/c1-32-18-21(16-30-32)20-14-24-23(8-9-28(10-11-28)26(24)25(29)15-20)27(34)31-22-6-4-19(5-7-22)17-33-12-2-3-13-33/h4-8,14-16,18H,2-3,9-13,17H2,1H3,(H,31,34). The van der Waals surface area contributed by atoms with Gasteiger partial charge < -0.3 is 5.32 Å². The van der Waals surface area contributed by atoms with E-state index in [1.165, 1.54) is 18.4 Å². The number of likely N-dealkylation sites (tertiary alicyclic amines) is 1. The zero-order valence-corrected chi connectivity index (χ0v) is 19.5. The Labute approximate surface area is 199 Å². The Morgan fingerprint density at radius 2 is 1.88 bits per heavy atom. The van der Waals surface area contributed by atoms with Gasteiger partial charge in [0.05, 0.1) is 6.20 Å². The van der Waals surface area contributed by atoms with Crippen LogP contribution in [0.3, 0.4) is 0 Å². The molecular weight excluding hydrogens is 427 g/mol. The van der Waals surface area contributed by atoms with Crippen LogP contribution >= 0.6 is 0 Å². The monoisotopic (exact) mass is 456 g/mol. The lowest BCUT2D eigenvalue weighted by atomic mass is 9.78. The molecule has 2 heterocycles. The van der Waals surface area contributed by atoms with E-state index in [0.29, 0.717) is 23.1 Å². The Bertz CT molecular complexity index is 1280. The molecule has 1 N–H and O–H groups in total. The van der Waals surface area contributed by atoms with E-state index in [0.717, 1.165) is 49.3 Å². The minimum Gasteiger partial charge on any atom is -0.322 e. The number of nitrogens with zero attached hydrogens (tertiary/aromatic N) is 3. The molecule has 0 bridgehead atoms. The number of fused-ring (bicyclic) bond motifs is 2. The number of aryl methyl sites for hydroxylation is 1. The Kier molecular flexibility index (Phi) is 5.14. The Hall–Kier alpha value is -3.25. The van der Waals surface area contributed by atoms with Gasteiger partial charge in [0.2, 0.25) is 0 Å². The number of nitrogens with one attached hydrogen (secondary N) is 1. The zero-order valence-electron chi connectivity index (χ0n) is 19.5. The number of hydrogen-bond acceptors (Lipinski definition) is 3. The molecule has 1 spiro atoms.